The van der Waals surface area contributed by atoms with Gasteiger partial charge in [-0.2, -0.15) is 4.31 Å². The highest BCUT2D eigenvalue weighted by atomic mass is 32.2. The van der Waals surface area contributed by atoms with Crippen molar-refractivity contribution in [3.05, 3.63) is 63.7 Å². The summed E-state index contributed by atoms with van der Waals surface area (Å²) in [6, 6.07) is 9.13. The Labute approximate surface area is 167 Å². The number of rotatable bonds is 5. The number of unbranched alkanes of at least 4 members (excludes halogenated alkanes) is 1. The maximum absolute atomic E-state index is 13.2. The molecule has 0 saturated heterocycles. The van der Waals surface area contributed by atoms with E-state index in [1.807, 2.05) is 19.1 Å². The molecule has 0 spiro atoms. The average molecular weight is 398 g/mol. The number of benzene rings is 2. The second-order valence-electron chi connectivity index (χ2n) is 7.99. The lowest BCUT2D eigenvalue weighted by Gasteiger charge is -2.21. The normalized spacial score (nSPS) is 16.9. The summed E-state index contributed by atoms with van der Waals surface area (Å²) in [6.45, 7) is 4.85. The number of aryl methyl sites for hydroxylation is 2. The predicted molar refractivity (Wildman–Crippen MR) is 110 cm³/mol. The molecule has 0 radical (unpaired) electrons. The minimum Gasteiger partial charge on any atom is -0.294 e. The summed E-state index contributed by atoms with van der Waals surface area (Å²) < 4.78 is 27.9. The second-order valence-corrected chi connectivity index (χ2v) is 9.93. The van der Waals surface area contributed by atoms with Gasteiger partial charge in [-0.25, -0.2) is 8.42 Å². The molecule has 0 unspecified atom stereocenters. The Morgan fingerprint density at radius 1 is 1.04 bits per heavy atom. The van der Waals surface area contributed by atoms with E-state index in [0.29, 0.717) is 24.4 Å². The molecule has 148 valence electrons. The van der Waals surface area contributed by atoms with Gasteiger partial charge in [-0.15, -0.1) is 0 Å². The Bertz CT molecular complexity index is 1020. The van der Waals surface area contributed by atoms with E-state index < -0.39 is 10.0 Å². The van der Waals surface area contributed by atoms with E-state index in [2.05, 4.69) is 13.0 Å². The summed E-state index contributed by atoms with van der Waals surface area (Å²) in [5, 5.41) is 0. The smallest absolute Gasteiger partial charge is 0.243 e. The van der Waals surface area contributed by atoms with Gasteiger partial charge < -0.3 is 0 Å². The summed E-state index contributed by atoms with van der Waals surface area (Å²) in [6.07, 6.45) is 5.34. The molecule has 4 nitrogen and oxygen atoms in total. The molecule has 2 aliphatic rings. The van der Waals surface area contributed by atoms with E-state index in [1.54, 1.807) is 16.4 Å². The number of hydrogen-bond acceptors (Lipinski definition) is 3. The molecule has 0 N–H and O–H groups in total. The average Bonchev–Trinajstić information content (AvgIpc) is 3.10. The molecule has 0 atom stereocenters. The van der Waals surface area contributed by atoms with Gasteiger partial charge in [0.2, 0.25) is 10.0 Å². The van der Waals surface area contributed by atoms with Crippen LogP contribution in [0.2, 0.25) is 0 Å². The Kier molecular flexibility index (Phi) is 5.15. The molecule has 0 saturated carbocycles. The van der Waals surface area contributed by atoms with Crippen LogP contribution in [0.5, 0.6) is 0 Å². The molecule has 2 aromatic carbocycles. The van der Waals surface area contributed by atoms with Gasteiger partial charge in [0.05, 0.1) is 4.90 Å². The van der Waals surface area contributed by atoms with Crippen LogP contribution < -0.4 is 0 Å². The number of carbonyl (C=O) groups is 1. The quantitative estimate of drug-likeness (QED) is 0.743. The molecule has 0 fully saturated rings. The van der Waals surface area contributed by atoms with Crippen LogP contribution >= 0.6 is 0 Å². The van der Waals surface area contributed by atoms with Crippen LogP contribution in [0.25, 0.3) is 0 Å². The highest BCUT2D eigenvalue weighted by molar-refractivity contribution is 7.89. The molecule has 1 aliphatic heterocycles. The minimum atomic E-state index is -3.55. The zero-order valence-corrected chi connectivity index (χ0v) is 17.4. The van der Waals surface area contributed by atoms with E-state index in [9.17, 15) is 13.2 Å². The molecule has 28 heavy (non-hydrogen) atoms. The summed E-state index contributed by atoms with van der Waals surface area (Å²) in [7, 11) is -3.55. The third-order valence-corrected chi connectivity index (χ3v) is 7.78. The van der Waals surface area contributed by atoms with Crippen molar-refractivity contribution in [1.82, 2.24) is 4.31 Å². The van der Waals surface area contributed by atoms with Crippen LogP contribution in [0.1, 0.15) is 70.8 Å². The summed E-state index contributed by atoms with van der Waals surface area (Å²) >= 11 is 0. The largest absolute Gasteiger partial charge is 0.294 e. The fourth-order valence-electron chi connectivity index (χ4n) is 4.44. The van der Waals surface area contributed by atoms with Crippen molar-refractivity contribution in [1.29, 1.82) is 0 Å². The summed E-state index contributed by atoms with van der Waals surface area (Å²) in [5.74, 6) is 0.231. The number of nitrogens with zero attached hydrogens (tertiary/aromatic N) is 1. The Hall–Kier alpha value is -1.98. The number of hydrogen-bond donors (Lipinski definition) is 0. The fraction of sp³-hybridized carbons (Fsp3) is 0.435. The van der Waals surface area contributed by atoms with Crippen molar-refractivity contribution in [2.45, 2.75) is 70.4 Å². The summed E-state index contributed by atoms with van der Waals surface area (Å²) in [5.41, 5.74) is 6.31. The molecule has 0 bridgehead atoms. The van der Waals surface area contributed by atoms with Crippen molar-refractivity contribution >= 4 is 15.8 Å². The third kappa shape index (κ3) is 3.31. The molecule has 5 heteroatoms. The van der Waals surface area contributed by atoms with Gasteiger partial charge in [-0.1, -0.05) is 37.1 Å². The fourth-order valence-corrected chi connectivity index (χ4v) is 5.82. The van der Waals surface area contributed by atoms with Gasteiger partial charge in [0.25, 0.3) is 0 Å². The van der Waals surface area contributed by atoms with Crippen LogP contribution in [-0.2, 0) is 36.0 Å². The number of carbonyl (C=O) groups excluding carboxylic acids is 1. The molecule has 2 aromatic rings. The van der Waals surface area contributed by atoms with Crippen LogP contribution in [0.3, 0.4) is 0 Å². The zero-order valence-electron chi connectivity index (χ0n) is 16.6. The lowest BCUT2D eigenvalue weighted by atomic mass is 9.82. The van der Waals surface area contributed by atoms with Crippen LogP contribution in [0.4, 0.5) is 0 Å². The maximum Gasteiger partial charge on any atom is 0.243 e. The standard InChI is InChI=1S/C23H27NO3S/c1-3-4-7-20-21-15-24(28(26,27)19-11-9-16(2)10-12-19)14-18(21)13-17-6-5-8-22(25)23(17)20/h9-13H,3-8,14-15H2,1-2H3. The Morgan fingerprint density at radius 2 is 1.79 bits per heavy atom. The van der Waals surface area contributed by atoms with Gasteiger partial charge in [0.1, 0.15) is 0 Å². The molecule has 0 amide bonds. The number of Topliss-reactive ketones (excluding diaryl/α,β-unsaturated/α-hetero) is 1. The summed E-state index contributed by atoms with van der Waals surface area (Å²) in [4.78, 5) is 13.0. The SMILES string of the molecule is CCCCc1c2c(cc3c1C(=O)CCC3)CN(S(=O)(=O)c1ccc(C)cc1)C2. The van der Waals surface area contributed by atoms with Crippen molar-refractivity contribution in [2.75, 3.05) is 0 Å². The molecular formula is C23H27NO3S. The highest BCUT2D eigenvalue weighted by Gasteiger charge is 2.34. The molecule has 1 heterocycles. The van der Waals surface area contributed by atoms with E-state index in [0.717, 1.165) is 65.5 Å². The Balaban J connectivity index is 1.75. The van der Waals surface area contributed by atoms with Gasteiger partial charge in [-0.3, -0.25) is 4.79 Å². The van der Waals surface area contributed by atoms with Crippen LogP contribution in [0.15, 0.2) is 35.2 Å². The second kappa shape index (κ2) is 7.45. The van der Waals surface area contributed by atoms with Crippen molar-refractivity contribution in [3.63, 3.8) is 0 Å². The van der Waals surface area contributed by atoms with E-state index in [4.69, 9.17) is 0 Å². The third-order valence-electron chi connectivity index (χ3n) is 5.97. The first-order valence-corrected chi connectivity index (χ1v) is 11.6. The number of ketones is 1. The van der Waals surface area contributed by atoms with Crippen molar-refractivity contribution < 1.29 is 13.2 Å². The minimum absolute atomic E-state index is 0.231. The number of sulfonamides is 1. The first-order valence-electron chi connectivity index (χ1n) is 10.2. The van der Waals surface area contributed by atoms with E-state index in [1.165, 1.54) is 0 Å². The Morgan fingerprint density at radius 3 is 2.50 bits per heavy atom. The molecule has 4 rings (SSSR count). The topological polar surface area (TPSA) is 54.5 Å². The number of fused-ring (bicyclic) bond motifs is 2. The zero-order chi connectivity index (χ0) is 19.9. The lowest BCUT2D eigenvalue weighted by Crippen LogP contribution is -2.25. The van der Waals surface area contributed by atoms with Crippen LogP contribution in [-0.4, -0.2) is 18.5 Å². The monoisotopic (exact) mass is 397 g/mol. The van der Waals surface area contributed by atoms with Gasteiger partial charge in [0.15, 0.2) is 5.78 Å². The first kappa shape index (κ1) is 19.3. The van der Waals surface area contributed by atoms with Crippen molar-refractivity contribution in [2.24, 2.45) is 0 Å². The molecule has 1 aliphatic carbocycles. The van der Waals surface area contributed by atoms with Crippen LogP contribution in [0, 0.1) is 6.92 Å². The van der Waals surface area contributed by atoms with E-state index in [-0.39, 0.29) is 5.78 Å². The molecule has 0 aromatic heterocycles. The molecular weight excluding hydrogens is 370 g/mol. The first-order chi connectivity index (χ1) is 13.4. The van der Waals surface area contributed by atoms with Crippen molar-refractivity contribution in [3.8, 4) is 0 Å². The van der Waals surface area contributed by atoms with Gasteiger partial charge in [-0.05, 0) is 67.0 Å². The van der Waals surface area contributed by atoms with Gasteiger partial charge >= 0.3 is 0 Å². The predicted octanol–water partition coefficient (Wildman–Crippen LogP) is 4.56. The highest BCUT2D eigenvalue weighted by Crippen LogP contribution is 2.37. The van der Waals surface area contributed by atoms with Gasteiger partial charge in [0, 0.05) is 25.1 Å². The lowest BCUT2D eigenvalue weighted by molar-refractivity contribution is 0.0971. The van der Waals surface area contributed by atoms with E-state index >= 15 is 0 Å². The maximum atomic E-state index is 13.2.